The van der Waals surface area contributed by atoms with Crippen LogP contribution < -0.4 is 9.47 Å². The smallest absolute Gasteiger partial charge is 0.269 e. The Balaban J connectivity index is 1.24. The maximum absolute atomic E-state index is 11.3. The molecule has 10 nitrogen and oxygen atoms in total. The molecule has 8 rings (SSSR count). The van der Waals surface area contributed by atoms with Crippen LogP contribution in [-0.2, 0) is 16.2 Å². The average molecular weight is 867 g/mol. The van der Waals surface area contributed by atoms with Crippen molar-refractivity contribution in [1.29, 1.82) is 0 Å². The number of allylic oxidation sites excluding steroid dienone is 1. The van der Waals surface area contributed by atoms with E-state index in [4.69, 9.17) is 24.2 Å². The molecule has 5 aromatic carbocycles. The SMILES string of the molecule is C=CCO[C@@]12Oc3ccc(Oc4ccc(-c5ccccc5)cc4)cc3[C@H]3[C@H](CCCCO)[C@@H](CCCCO)C=C(C(=NOCc4ccc([N+](=O)[O-])cc4)C[C@@H]1Sc1ccccc1)[C@H]32. The number of nitro groups is 1. The molecule has 0 aromatic heterocycles. The molecule has 1 heterocycles. The van der Waals surface area contributed by atoms with Crippen LogP contribution in [0.15, 0.2) is 162 Å². The van der Waals surface area contributed by atoms with Gasteiger partial charge in [0, 0.05) is 48.1 Å². The summed E-state index contributed by atoms with van der Waals surface area (Å²) >= 11 is 1.70. The number of fused-ring (bicyclic) bond motifs is 2. The summed E-state index contributed by atoms with van der Waals surface area (Å²) in [6.07, 6.45) is 9.40. The highest BCUT2D eigenvalue weighted by Gasteiger charge is 2.64. The average Bonchev–Trinajstić information content (AvgIpc) is 3.31. The standard InChI is InChI=1S/C52H54N2O8S/c1-2-31-59-52-49(63-43-16-7-4-8-17-43)34-47(53-60-35-36-19-23-40(24-20-36)54(57)58)45-32-39(15-9-11-29-55)44(18-10-12-30-56)50(51(45)52)46-33-42(27-28-48(46)62-52)61-41-25-21-38(22-26-41)37-13-5-3-6-14-37/h2-8,13-14,16-17,19-28,32-33,39,44,49-51,55-56H,1,9-12,15,18,29-31,34-35H2/t39-,44+,49-,50+,51+,52+/m0/s1. The predicted octanol–water partition coefficient (Wildman–Crippen LogP) is 11.7. The summed E-state index contributed by atoms with van der Waals surface area (Å²) in [5.41, 5.74) is 5.86. The molecule has 0 saturated heterocycles. The van der Waals surface area contributed by atoms with Crippen molar-refractivity contribution in [3.63, 3.8) is 0 Å². The van der Waals surface area contributed by atoms with Crippen LogP contribution in [0.1, 0.15) is 62.0 Å². The molecule has 6 atom stereocenters. The Kier molecular flexibility index (Phi) is 14.4. The maximum atomic E-state index is 11.3. The quantitative estimate of drug-likeness (QED) is 0.0339. The summed E-state index contributed by atoms with van der Waals surface area (Å²) in [5, 5.41) is 35.9. The van der Waals surface area contributed by atoms with Gasteiger partial charge in [0.25, 0.3) is 5.69 Å². The third-order valence-electron chi connectivity index (χ3n) is 12.4. The van der Waals surface area contributed by atoms with E-state index in [2.05, 4.69) is 55.1 Å². The maximum Gasteiger partial charge on any atom is 0.269 e. The number of nitro benzene ring substituents is 1. The Bertz CT molecular complexity index is 2370. The van der Waals surface area contributed by atoms with E-state index >= 15 is 0 Å². The van der Waals surface area contributed by atoms with Gasteiger partial charge in [-0.2, -0.15) is 0 Å². The fraction of sp³-hybridized carbons (Fsp3) is 0.327. The molecule has 0 spiro atoms. The Labute approximate surface area is 373 Å². The highest BCUT2D eigenvalue weighted by molar-refractivity contribution is 8.00. The molecule has 0 amide bonds. The van der Waals surface area contributed by atoms with Gasteiger partial charge in [-0.05, 0) is 114 Å². The molecule has 11 heteroatoms. The fourth-order valence-corrected chi connectivity index (χ4v) is 10.8. The summed E-state index contributed by atoms with van der Waals surface area (Å²) in [6.45, 7) is 4.68. The van der Waals surface area contributed by atoms with E-state index < -0.39 is 10.7 Å². The van der Waals surface area contributed by atoms with Crippen LogP contribution in [0, 0.1) is 27.9 Å². The Morgan fingerprint density at radius 3 is 2.22 bits per heavy atom. The molecule has 2 N–H and O–H groups in total. The van der Waals surface area contributed by atoms with Gasteiger partial charge in [-0.3, -0.25) is 10.1 Å². The monoisotopic (exact) mass is 866 g/mol. The van der Waals surface area contributed by atoms with Crippen molar-refractivity contribution >= 4 is 23.2 Å². The zero-order valence-electron chi connectivity index (χ0n) is 35.3. The largest absolute Gasteiger partial charge is 0.460 e. The Morgan fingerprint density at radius 1 is 0.841 bits per heavy atom. The zero-order valence-corrected chi connectivity index (χ0v) is 36.1. The minimum Gasteiger partial charge on any atom is -0.460 e. The van der Waals surface area contributed by atoms with Crippen molar-refractivity contribution in [3.8, 4) is 28.4 Å². The summed E-state index contributed by atoms with van der Waals surface area (Å²) in [7, 11) is 0. The van der Waals surface area contributed by atoms with Crippen molar-refractivity contribution in [1.82, 2.24) is 0 Å². The van der Waals surface area contributed by atoms with E-state index in [1.54, 1.807) is 30.0 Å². The van der Waals surface area contributed by atoms with Crippen molar-refractivity contribution < 1.29 is 34.2 Å². The van der Waals surface area contributed by atoms with Crippen molar-refractivity contribution in [2.45, 2.75) is 73.4 Å². The Morgan fingerprint density at radius 2 is 1.52 bits per heavy atom. The summed E-state index contributed by atoms with van der Waals surface area (Å²) in [4.78, 5) is 18.1. The summed E-state index contributed by atoms with van der Waals surface area (Å²) in [6, 6.07) is 41.1. The van der Waals surface area contributed by atoms with E-state index in [1.165, 1.54) is 12.1 Å². The first-order valence-electron chi connectivity index (χ1n) is 21.9. The molecule has 326 valence electrons. The Hall–Kier alpha value is -5.72. The highest BCUT2D eigenvalue weighted by Crippen LogP contribution is 2.63. The van der Waals surface area contributed by atoms with Gasteiger partial charge in [0.15, 0.2) is 0 Å². The molecule has 1 aliphatic heterocycles. The third-order valence-corrected chi connectivity index (χ3v) is 13.7. The van der Waals surface area contributed by atoms with E-state index in [-0.39, 0.29) is 61.0 Å². The van der Waals surface area contributed by atoms with Crippen LogP contribution in [0.5, 0.6) is 17.2 Å². The number of hydrogen-bond acceptors (Lipinski definition) is 10. The lowest BCUT2D eigenvalue weighted by molar-refractivity contribution is -0.384. The van der Waals surface area contributed by atoms with Gasteiger partial charge in [-0.25, -0.2) is 0 Å². The molecule has 5 aromatic rings. The third kappa shape index (κ3) is 9.92. The number of hydrogen-bond donors (Lipinski definition) is 2. The van der Waals surface area contributed by atoms with E-state index in [0.717, 1.165) is 75.6 Å². The molecule has 63 heavy (non-hydrogen) atoms. The van der Waals surface area contributed by atoms with Gasteiger partial charge < -0.3 is 29.3 Å². The number of thioether (sulfide) groups is 1. The van der Waals surface area contributed by atoms with Crippen LogP contribution >= 0.6 is 11.8 Å². The van der Waals surface area contributed by atoms with Crippen LogP contribution in [0.3, 0.4) is 0 Å². The van der Waals surface area contributed by atoms with Crippen LogP contribution in [0.2, 0.25) is 0 Å². The first-order valence-corrected chi connectivity index (χ1v) is 22.8. The number of ether oxygens (including phenoxy) is 3. The fourth-order valence-electron chi connectivity index (χ4n) is 9.53. The van der Waals surface area contributed by atoms with Gasteiger partial charge in [0.1, 0.15) is 23.9 Å². The number of rotatable bonds is 20. The van der Waals surface area contributed by atoms with E-state index in [9.17, 15) is 20.3 Å². The van der Waals surface area contributed by atoms with Crippen molar-refractivity contribution in [3.05, 3.63) is 173 Å². The van der Waals surface area contributed by atoms with Crippen molar-refractivity contribution in [2.75, 3.05) is 19.8 Å². The minimum atomic E-state index is -1.14. The molecule has 2 aliphatic carbocycles. The second-order valence-electron chi connectivity index (χ2n) is 16.4. The first kappa shape index (κ1) is 43.9. The lowest BCUT2D eigenvalue weighted by Gasteiger charge is -2.58. The molecule has 0 unspecified atom stereocenters. The van der Waals surface area contributed by atoms with E-state index in [1.807, 2.05) is 60.7 Å². The first-order chi connectivity index (χ1) is 30.9. The van der Waals surface area contributed by atoms with Gasteiger partial charge in [-0.1, -0.05) is 90.8 Å². The second-order valence-corrected chi connectivity index (χ2v) is 17.6. The highest BCUT2D eigenvalue weighted by atomic mass is 32.2. The number of oxime groups is 1. The van der Waals surface area contributed by atoms with Crippen LogP contribution in [-0.4, -0.2) is 51.7 Å². The predicted molar refractivity (Wildman–Crippen MR) is 247 cm³/mol. The summed E-state index contributed by atoms with van der Waals surface area (Å²) < 4.78 is 21.1. The minimum absolute atomic E-state index is 0.0141. The van der Waals surface area contributed by atoms with Gasteiger partial charge in [0.05, 0.1) is 28.4 Å². The lowest BCUT2D eigenvalue weighted by atomic mass is 9.56. The number of aliphatic hydroxyl groups excluding tert-OH is 2. The van der Waals surface area contributed by atoms with Crippen LogP contribution in [0.4, 0.5) is 5.69 Å². The van der Waals surface area contributed by atoms with Gasteiger partial charge in [-0.15, -0.1) is 18.3 Å². The molecule has 0 radical (unpaired) electrons. The van der Waals surface area contributed by atoms with Gasteiger partial charge >= 0.3 is 0 Å². The lowest BCUT2D eigenvalue weighted by Crippen LogP contribution is -2.64. The van der Waals surface area contributed by atoms with E-state index in [0.29, 0.717) is 25.0 Å². The summed E-state index contributed by atoms with van der Waals surface area (Å²) in [5.74, 6) is 0.813. The number of nitrogens with zero attached hydrogens (tertiary/aromatic N) is 2. The normalized spacial score (nSPS) is 22.9. The number of benzene rings is 5. The second kappa shape index (κ2) is 20.6. The molecule has 3 aliphatic rings. The molecular weight excluding hydrogens is 813 g/mol. The molecule has 0 bridgehead atoms. The number of non-ortho nitro benzene ring substituents is 1. The number of unbranched alkanes of at least 4 members (excludes halogenated alkanes) is 2. The molecular formula is C52H54N2O8S. The molecule has 1 fully saturated rings. The van der Waals surface area contributed by atoms with Crippen LogP contribution in [0.25, 0.3) is 11.1 Å². The van der Waals surface area contributed by atoms with Crippen molar-refractivity contribution in [2.24, 2.45) is 22.9 Å². The van der Waals surface area contributed by atoms with Gasteiger partial charge in [0.2, 0.25) is 5.79 Å². The molecule has 1 saturated carbocycles. The zero-order chi connectivity index (χ0) is 43.6. The number of aliphatic hydroxyl groups is 2. The topological polar surface area (TPSA) is 133 Å².